The lowest BCUT2D eigenvalue weighted by atomic mass is 9.99. The molecule has 248 valence electrons. The Hall–Kier alpha value is -6.96. The minimum atomic E-state index is 0.585. The van der Waals surface area contributed by atoms with E-state index < -0.39 is 0 Å². The van der Waals surface area contributed by atoms with Crippen LogP contribution in [0, 0.1) is 0 Å². The zero-order chi connectivity index (χ0) is 34.9. The van der Waals surface area contributed by atoms with Crippen LogP contribution in [0.2, 0.25) is 0 Å². The molecule has 7 aromatic carbocycles. The number of rotatable bonds is 5. The Kier molecular flexibility index (Phi) is 6.62. The minimum Gasteiger partial charge on any atom is -0.456 e. The highest BCUT2D eigenvalue weighted by molar-refractivity contribution is 7.25. The van der Waals surface area contributed by atoms with Crippen LogP contribution in [-0.2, 0) is 0 Å². The molecule has 0 saturated carbocycles. The lowest BCUT2D eigenvalue weighted by Crippen LogP contribution is -2.00. The van der Waals surface area contributed by atoms with E-state index in [1.807, 2.05) is 84.9 Å². The third-order valence-corrected chi connectivity index (χ3v) is 10.9. The van der Waals surface area contributed by atoms with Crippen molar-refractivity contribution in [1.82, 2.24) is 19.9 Å². The second-order valence-electron chi connectivity index (χ2n) is 13.0. The van der Waals surface area contributed by atoms with Gasteiger partial charge in [-0.05, 0) is 65.7 Å². The first-order valence-electron chi connectivity index (χ1n) is 17.4. The van der Waals surface area contributed by atoms with E-state index in [-0.39, 0.29) is 0 Å². The highest BCUT2D eigenvalue weighted by Crippen LogP contribution is 2.40. The summed E-state index contributed by atoms with van der Waals surface area (Å²) in [5.41, 5.74) is 8.91. The van der Waals surface area contributed by atoms with Gasteiger partial charge in [-0.3, -0.25) is 0 Å². The molecule has 0 atom stereocenters. The molecular weight excluding hydrogens is 673 g/mol. The number of fused-ring (bicyclic) bond motifs is 7. The number of oxazole rings is 1. The lowest BCUT2D eigenvalue weighted by Gasteiger charge is -2.09. The average molecular weight is 699 g/mol. The van der Waals surface area contributed by atoms with Crippen molar-refractivity contribution in [2.24, 2.45) is 0 Å². The van der Waals surface area contributed by atoms with Gasteiger partial charge in [0, 0.05) is 53.2 Å². The van der Waals surface area contributed by atoms with Gasteiger partial charge in [0.05, 0.1) is 0 Å². The van der Waals surface area contributed by atoms with Gasteiger partial charge >= 0.3 is 0 Å². The van der Waals surface area contributed by atoms with Crippen LogP contribution in [0.15, 0.2) is 167 Å². The molecule has 11 aromatic rings. The van der Waals surface area contributed by atoms with Crippen molar-refractivity contribution in [3.8, 4) is 56.7 Å². The SMILES string of the molecule is c1ccc(-c2nc(-c3ccc4c(c3)sc3ccccc34)nc(-c3cccc4oc5ccc(-c6cccc(-c7nc8ccccc8o7)c6)cc5c34)n2)cc1. The van der Waals surface area contributed by atoms with Crippen LogP contribution in [-0.4, -0.2) is 19.9 Å². The number of furan rings is 1. The highest BCUT2D eigenvalue weighted by Gasteiger charge is 2.19. The fourth-order valence-corrected chi connectivity index (χ4v) is 8.37. The highest BCUT2D eigenvalue weighted by atomic mass is 32.1. The van der Waals surface area contributed by atoms with E-state index in [9.17, 15) is 0 Å². The Morgan fingerprint density at radius 2 is 1.08 bits per heavy atom. The van der Waals surface area contributed by atoms with Crippen LogP contribution in [0.4, 0.5) is 0 Å². The summed E-state index contributed by atoms with van der Waals surface area (Å²) >= 11 is 1.78. The predicted octanol–water partition coefficient (Wildman–Crippen LogP) is 12.6. The molecule has 53 heavy (non-hydrogen) atoms. The molecule has 0 aliphatic carbocycles. The van der Waals surface area contributed by atoms with Crippen LogP contribution < -0.4 is 0 Å². The lowest BCUT2D eigenvalue weighted by molar-refractivity contribution is 0.620. The maximum atomic E-state index is 6.44. The molecule has 6 nitrogen and oxygen atoms in total. The van der Waals surface area contributed by atoms with E-state index in [0.29, 0.717) is 23.4 Å². The third-order valence-electron chi connectivity index (χ3n) is 9.78. The van der Waals surface area contributed by atoms with Crippen molar-refractivity contribution in [3.05, 3.63) is 158 Å². The molecule has 4 heterocycles. The van der Waals surface area contributed by atoms with Gasteiger partial charge in [0.1, 0.15) is 16.7 Å². The topological polar surface area (TPSA) is 77.8 Å². The summed E-state index contributed by atoms with van der Waals surface area (Å²) < 4.78 is 15.0. The molecular formula is C46H26N4O2S. The number of benzene rings is 7. The molecule has 0 bridgehead atoms. The summed E-state index contributed by atoms with van der Waals surface area (Å²) in [6.07, 6.45) is 0. The van der Waals surface area contributed by atoms with Gasteiger partial charge in [-0.15, -0.1) is 11.3 Å². The molecule has 0 saturated heterocycles. The molecule has 4 aromatic heterocycles. The maximum absolute atomic E-state index is 6.44. The van der Waals surface area contributed by atoms with Crippen LogP contribution in [0.25, 0.3) is 110 Å². The summed E-state index contributed by atoms with van der Waals surface area (Å²) in [5.74, 6) is 2.41. The summed E-state index contributed by atoms with van der Waals surface area (Å²) in [7, 11) is 0. The van der Waals surface area contributed by atoms with Gasteiger partial charge in [-0.2, -0.15) is 0 Å². The Labute approximate surface area is 306 Å². The molecule has 0 fully saturated rings. The molecule has 0 unspecified atom stereocenters. The molecule has 0 radical (unpaired) electrons. The van der Waals surface area contributed by atoms with Crippen LogP contribution >= 0.6 is 11.3 Å². The van der Waals surface area contributed by atoms with Gasteiger partial charge in [-0.1, -0.05) is 103 Å². The van der Waals surface area contributed by atoms with Gasteiger partial charge in [0.2, 0.25) is 5.89 Å². The van der Waals surface area contributed by atoms with Crippen LogP contribution in [0.3, 0.4) is 0 Å². The van der Waals surface area contributed by atoms with Crippen molar-refractivity contribution < 1.29 is 8.83 Å². The Morgan fingerprint density at radius 3 is 2.00 bits per heavy atom. The third kappa shape index (κ3) is 5.01. The molecule has 0 amide bonds. The molecule has 0 aliphatic heterocycles. The predicted molar refractivity (Wildman–Crippen MR) is 215 cm³/mol. The summed E-state index contributed by atoms with van der Waals surface area (Å²) in [6, 6.07) is 53.6. The maximum Gasteiger partial charge on any atom is 0.227 e. The van der Waals surface area contributed by atoms with E-state index in [1.54, 1.807) is 11.3 Å². The van der Waals surface area contributed by atoms with Crippen molar-refractivity contribution in [1.29, 1.82) is 0 Å². The average Bonchev–Trinajstić information content (AvgIpc) is 3.94. The zero-order valence-corrected chi connectivity index (χ0v) is 28.8. The number of aromatic nitrogens is 4. The fraction of sp³-hybridized carbons (Fsp3) is 0. The Balaban J connectivity index is 1.07. The number of para-hydroxylation sites is 2. The summed E-state index contributed by atoms with van der Waals surface area (Å²) in [4.78, 5) is 20.0. The molecule has 0 N–H and O–H groups in total. The van der Waals surface area contributed by atoms with Gasteiger partial charge in [0.25, 0.3) is 0 Å². The zero-order valence-electron chi connectivity index (χ0n) is 28.0. The van der Waals surface area contributed by atoms with E-state index >= 15 is 0 Å². The van der Waals surface area contributed by atoms with Crippen molar-refractivity contribution in [2.45, 2.75) is 0 Å². The first-order valence-corrected chi connectivity index (χ1v) is 18.2. The normalized spacial score (nSPS) is 11.8. The van der Waals surface area contributed by atoms with Gasteiger partial charge < -0.3 is 8.83 Å². The summed E-state index contributed by atoms with van der Waals surface area (Å²) in [5, 5.41) is 4.43. The van der Waals surface area contributed by atoms with Gasteiger partial charge in [-0.25, -0.2) is 19.9 Å². The van der Waals surface area contributed by atoms with Crippen molar-refractivity contribution >= 4 is 64.5 Å². The molecule has 7 heteroatoms. The fourth-order valence-electron chi connectivity index (χ4n) is 7.23. The van der Waals surface area contributed by atoms with Crippen LogP contribution in [0.1, 0.15) is 0 Å². The Morgan fingerprint density at radius 1 is 0.377 bits per heavy atom. The quantitative estimate of drug-likeness (QED) is 0.178. The largest absolute Gasteiger partial charge is 0.456 e. The minimum absolute atomic E-state index is 0.585. The van der Waals surface area contributed by atoms with E-state index in [1.165, 1.54) is 20.2 Å². The van der Waals surface area contributed by atoms with E-state index in [0.717, 1.165) is 66.4 Å². The number of hydrogen-bond acceptors (Lipinski definition) is 7. The van der Waals surface area contributed by atoms with Gasteiger partial charge in [0.15, 0.2) is 23.1 Å². The standard InChI is InChI=1S/C46H26N4O2S/c1-2-10-27(11-3-1)43-48-44(30-20-22-33-32-14-4-7-19-40(32)53-41(33)26-30)50-45(49-43)34-15-9-18-39-42(34)35-25-29(21-23-37(35)51-39)28-12-8-13-31(24-28)46-47-36-16-5-6-17-38(36)52-46/h1-26H. The van der Waals surface area contributed by atoms with E-state index in [4.69, 9.17) is 28.8 Å². The first-order chi connectivity index (χ1) is 26.2. The van der Waals surface area contributed by atoms with Crippen LogP contribution in [0.5, 0.6) is 0 Å². The molecule has 11 rings (SSSR count). The number of nitrogens with zero attached hydrogens (tertiary/aromatic N) is 4. The smallest absolute Gasteiger partial charge is 0.227 e. The van der Waals surface area contributed by atoms with Crippen molar-refractivity contribution in [3.63, 3.8) is 0 Å². The second-order valence-corrected chi connectivity index (χ2v) is 14.1. The van der Waals surface area contributed by atoms with E-state index in [2.05, 4.69) is 72.8 Å². The Bertz CT molecular complexity index is 3160. The monoisotopic (exact) mass is 698 g/mol. The second kappa shape index (κ2) is 11.8. The summed E-state index contributed by atoms with van der Waals surface area (Å²) in [6.45, 7) is 0. The molecule has 0 aliphatic rings. The van der Waals surface area contributed by atoms with Crippen molar-refractivity contribution in [2.75, 3.05) is 0 Å². The molecule has 0 spiro atoms. The number of hydrogen-bond donors (Lipinski definition) is 0. The number of thiophene rings is 1. The first kappa shape index (κ1) is 29.7.